The molecule has 1 heterocycles. The van der Waals surface area contributed by atoms with Crippen molar-refractivity contribution in [3.05, 3.63) is 62.8 Å². The Morgan fingerprint density at radius 2 is 2.21 bits per heavy atom. The number of hydrogen-bond acceptors (Lipinski definition) is 4. The molecular formula is C13H12ClN3O2. The number of hydrogen-bond donors (Lipinski definition) is 1. The Morgan fingerprint density at radius 3 is 2.84 bits per heavy atom. The fourth-order valence-corrected chi connectivity index (χ4v) is 1.89. The summed E-state index contributed by atoms with van der Waals surface area (Å²) in [5.74, 6) is 0.600. The molecular weight excluding hydrogens is 266 g/mol. The summed E-state index contributed by atoms with van der Waals surface area (Å²) in [5.41, 5.74) is 1.62. The van der Waals surface area contributed by atoms with E-state index in [2.05, 4.69) is 10.3 Å². The number of nitro groups is 1. The Labute approximate surface area is 115 Å². The minimum absolute atomic E-state index is 0.0216. The van der Waals surface area contributed by atoms with E-state index in [-0.39, 0.29) is 5.69 Å². The number of aryl methyl sites for hydroxylation is 1. The number of nitrogens with one attached hydrogen (secondary N) is 1. The van der Waals surface area contributed by atoms with Gasteiger partial charge in [-0.3, -0.25) is 10.1 Å². The van der Waals surface area contributed by atoms with Crippen LogP contribution in [0.15, 0.2) is 36.5 Å². The molecule has 2 aromatic rings. The number of halogens is 1. The zero-order chi connectivity index (χ0) is 13.8. The standard InChI is InChI=1S/C13H12ClN3O2/c1-9-5-13(16-8-12(9)17(18)19)15-7-10-3-2-4-11(14)6-10/h2-6,8H,7H2,1H3,(H,15,16). The molecule has 0 radical (unpaired) electrons. The lowest BCUT2D eigenvalue weighted by atomic mass is 10.2. The molecule has 0 saturated carbocycles. The average molecular weight is 278 g/mol. The second-order valence-electron chi connectivity index (χ2n) is 4.10. The number of rotatable bonds is 4. The maximum absolute atomic E-state index is 10.7. The van der Waals surface area contributed by atoms with Gasteiger partial charge in [0.05, 0.1) is 4.92 Å². The molecule has 0 spiro atoms. The van der Waals surface area contributed by atoms with E-state index in [9.17, 15) is 10.1 Å². The average Bonchev–Trinajstić information content (AvgIpc) is 2.36. The summed E-state index contributed by atoms with van der Waals surface area (Å²) < 4.78 is 0. The van der Waals surface area contributed by atoms with Crippen LogP contribution in [0.3, 0.4) is 0 Å². The van der Waals surface area contributed by atoms with Crippen molar-refractivity contribution in [3.63, 3.8) is 0 Å². The molecule has 0 amide bonds. The molecule has 0 aliphatic carbocycles. The fraction of sp³-hybridized carbons (Fsp3) is 0.154. The van der Waals surface area contributed by atoms with E-state index in [0.29, 0.717) is 22.9 Å². The first-order chi connectivity index (χ1) is 9.06. The van der Waals surface area contributed by atoms with Crippen molar-refractivity contribution in [2.75, 3.05) is 5.32 Å². The highest BCUT2D eigenvalue weighted by Gasteiger charge is 2.11. The molecule has 0 aliphatic rings. The first-order valence-corrected chi connectivity index (χ1v) is 6.03. The molecule has 1 N–H and O–H groups in total. The molecule has 19 heavy (non-hydrogen) atoms. The molecule has 0 atom stereocenters. The van der Waals surface area contributed by atoms with Gasteiger partial charge in [0.15, 0.2) is 0 Å². The maximum Gasteiger partial charge on any atom is 0.290 e. The van der Waals surface area contributed by atoms with Crippen LogP contribution in [0, 0.1) is 17.0 Å². The monoisotopic (exact) mass is 277 g/mol. The Kier molecular flexibility index (Phi) is 3.97. The number of anilines is 1. The summed E-state index contributed by atoms with van der Waals surface area (Å²) in [6, 6.07) is 9.12. The zero-order valence-electron chi connectivity index (χ0n) is 10.3. The van der Waals surface area contributed by atoms with Crippen molar-refractivity contribution in [1.29, 1.82) is 0 Å². The van der Waals surface area contributed by atoms with Gasteiger partial charge in [0, 0.05) is 17.1 Å². The number of nitrogens with zero attached hydrogens (tertiary/aromatic N) is 2. The van der Waals surface area contributed by atoms with Crippen molar-refractivity contribution in [3.8, 4) is 0 Å². The second-order valence-corrected chi connectivity index (χ2v) is 4.53. The second kappa shape index (κ2) is 5.67. The third-order valence-electron chi connectivity index (χ3n) is 2.64. The molecule has 0 unspecified atom stereocenters. The van der Waals surface area contributed by atoms with E-state index in [1.165, 1.54) is 6.20 Å². The van der Waals surface area contributed by atoms with Gasteiger partial charge in [0.1, 0.15) is 12.0 Å². The lowest BCUT2D eigenvalue weighted by molar-refractivity contribution is -0.385. The van der Waals surface area contributed by atoms with Crippen molar-refractivity contribution < 1.29 is 4.92 Å². The molecule has 0 bridgehead atoms. The van der Waals surface area contributed by atoms with Gasteiger partial charge in [-0.15, -0.1) is 0 Å². The number of pyridine rings is 1. The van der Waals surface area contributed by atoms with Crippen LogP contribution in [0.25, 0.3) is 0 Å². The van der Waals surface area contributed by atoms with Gasteiger partial charge >= 0.3 is 0 Å². The molecule has 6 heteroatoms. The van der Waals surface area contributed by atoms with Crippen molar-refractivity contribution in [1.82, 2.24) is 4.98 Å². The predicted octanol–water partition coefficient (Wildman–Crippen LogP) is 3.56. The minimum atomic E-state index is -0.441. The van der Waals surface area contributed by atoms with Crippen LogP contribution in [0.4, 0.5) is 11.5 Å². The summed E-state index contributed by atoms with van der Waals surface area (Å²) in [4.78, 5) is 14.3. The third-order valence-corrected chi connectivity index (χ3v) is 2.88. The normalized spacial score (nSPS) is 10.2. The summed E-state index contributed by atoms with van der Waals surface area (Å²) in [6.45, 7) is 2.25. The van der Waals surface area contributed by atoms with E-state index in [4.69, 9.17) is 11.6 Å². The van der Waals surface area contributed by atoms with Gasteiger partial charge in [0.2, 0.25) is 0 Å². The van der Waals surface area contributed by atoms with E-state index in [1.807, 2.05) is 18.2 Å². The highest BCUT2D eigenvalue weighted by molar-refractivity contribution is 6.30. The molecule has 1 aromatic carbocycles. The topological polar surface area (TPSA) is 68.1 Å². The van der Waals surface area contributed by atoms with Gasteiger partial charge in [-0.25, -0.2) is 4.98 Å². The zero-order valence-corrected chi connectivity index (χ0v) is 11.0. The summed E-state index contributed by atoms with van der Waals surface area (Å²) in [7, 11) is 0. The van der Waals surface area contributed by atoms with Gasteiger partial charge in [0.25, 0.3) is 5.69 Å². The fourth-order valence-electron chi connectivity index (χ4n) is 1.68. The van der Waals surface area contributed by atoms with E-state index in [1.54, 1.807) is 19.1 Å². The van der Waals surface area contributed by atoms with Crippen LogP contribution in [-0.4, -0.2) is 9.91 Å². The summed E-state index contributed by atoms with van der Waals surface area (Å²) in [5, 5.41) is 14.5. The Morgan fingerprint density at radius 1 is 1.42 bits per heavy atom. The van der Waals surface area contributed by atoms with Gasteiger partial charge < -0.3 is 5.32 Å². The first kappa shape index (κ1) is 13.3. The predicted molar refractivity (Wildman–Crippen MR) is 74.4 cm³/mol. The number of aromatic nitrogens is 1. The lowest BCUT2D eigenvalue weighted by Crippen LogP contribution is -2.02. The molecule has 0 saturated heterocycles. The molecule has 0 aliphatic heterocycles. The van der Waals surface area contributed by atoms with Gasteiger partial charge in [-0.05, 0) is 30.7 Å². The molecule has 5 nitrogen and oxygen atoms in total. The Balaban J connectivity index is 2.08. The van der Waals surface area contributed by atoms with Crippen molar-refractivity contribution in [2.45, 2.75) is 13.5 Å². The Bertz CT molecular complexity index is 617. The summed E-state index contributed by atoms with van der Waals surface area (Å²) >= 11 is 5.89. The summed E-state index contributed by atoms with van der Waals surface area (Å²) in [6.07, 6.45) is 1.26. The van der Waals surface area contributed by atoms with Crippen LogP contribution >= 0.6 is 11.6 Å². The van der Waals surface area contributed by atoms with E-state index in [0.717, 1.165) is 5.56 Å². The lowest BCUT2D eigenvalue weighted by Gasteiger charge is -2.06. The quantitative estimate of drug-likeness (QED) is 0.685. The first-order valence-electron chi connectivity index (χ1n) is 5.65. The van der Waals surface area contributed by atoms with Crippen LogP contribution < -0.4 is 5.32 Å². The van der Waals surface area contributed by atoms with E-state index < -0.39 is 4.92 Å². The van der Waals surface area contributed by atoms with Crippen LogP contribution in [-0.2, 0) is 6.54 Å². The molecule has 2 rings (SSSR count). The third kappa shape index (κ3) is 3.42. The van der Waals surface area contributed by atoms with Gasteiger partial charge in [-0.1, -0.05) is 23.7 Å². The smallest absolute Gasteiger partial charge is 0.290 e. The van der Waals surface area contributed by atoms with Crippen LogP contribution in [0.5, 0.6) is 0 Å². The highest BCUT2D eigenvalue weighted by atomic mass is 35.5. The SMILES string of the molecule is Cc1cc(NCc2cccc(Cl)c2)ncc1[N+](=O)[O-]. The minimum Gasteiger partial charge on any atom is -0.366 e. The van der Waals surface area contributed by atoms with Crippen LogP contribution in [0.1, 0.15) is 11.1 Å². The molecule has 98 valence electrons. The maximum atomic E-state index is 10.7. The van der Waals surface area contributed by atoms with E-state index >= 15 is 0 Å². The number of benzene rings is 1. The molecule has 0 fully saturated rings. The Hall–Kier alpha value is -2.14. The van der Waals surface area contributed by atoms with Gasteiger partial charge in [-0.2, -0.15) is 0 Å². The van der Waals surface area contributed by atoms with Crippen LogP contribution in [0.2, 0.25) is 5.02 Å². The van der Waals surface area contributed by atoms with Crippen molar-refractivity contribution >= 4 is 23.1 Å². The largest absolute Gasteiger partial charge is 0.366 e. The highest BCUT2D eigenvalue weighted by Crippen LogP contribution is 2.19. The molecule has 1 aromatic heterocycles. The van der Waals surface area contributed by atoms with Crippen molar-refractivity contribution in [2.24, 2.45) is 0 Å².